The molecule has 2 aliphatic rings. The van der Waals surface area contributed by atoms with Crippen molar-refractivity contribution in [2.45, 2.75) is 24.7 Å². The quantitative estimate of drug-likeness (QED) is 0.730. The Balaban J connectivity index is 1.70. The molecule has 8 heteroatoms. The number of piperazine rings is 1. The molecule has 2 aliphatic heterocycles. The van der Waals surface area contributed by atoms with Crippen molar-refractivity contribution in [2.75, 3.05) is 59.5 Å². The van der Waals surface area contributed by atoms with Crippen molar-refractivity contribution in [2.24, 2.45) is 4.99 Å². The molecule has 0 amide bonds. The zero-order valence-electron chi connectivity index (χ0n) is 16.5. The summed E-state index contributed by atoms with van der Waals surface area (Å²) in [5.74, 6) is 0.967. The molecule has 1 saturated heterocycles. The molecular weight excluding hydrogens is 364 g/mol. The van der Waals surface area contributed by atoms with E-state index in [9.17, 15) is 8.42 Å². The Hall–Kier alpha value is -1.64. The summed E-state index contributed by atoms with van der Waals surface area (Å²) in [6.07, 6.45) is 0. The van der Waals surface area contributed by atoms with Crippen molar-refractivity contribution in [3.8, 4) is 0 Å². The third-order valence-corrected chi connectivity index (χ3v) is 6.97. The fourth-order valence-corrected chi connectivity index (χ4v) is 4.89. The first kappa shape index (κ1) is 20.1. The number of hydrogen-bond acceptors (Lipinski definition) is 6. The zero-order valence-corrected chi connectivity index (χ0v) is 17.3. The average Bonchev–Trinajstić information content (AvgIpc) is 3.17. The molecular formula is C19H30N4O3S. The van der Waals surface area contributed by atoms with Gasteiger partial charge in [-0.1, -0.05) is 26.0 Å². The van der Waals surface area contributed by atoms with Crippen LogP contribution in [0.2, 0.25) is 0 Å². The summed E-state index contributed by atoms with van der Waals surface area (Å²) in [6, 6.07) is 7.23. The number of guanidine groups is 1. The van der Waals surface area contributed by atoms with Gasteiger partial charge in [-0.3, -0.25) is 9.89 Å². The number of ether oxygens (including phenoxy) is 1. The second-order valence-electron chi connectivity index (χ2n) is 7.30. The van der Waals surface area contributed by atoms with E-state index in [2.05, 4.69) is 28.6 Å². The van der Waals surface area contributed by atoms with Crippen LogP contribution in [0.25, 0.3) is 0 Å². The molecule has 2 heterocycles. The Morgan fingerprint density at radius 3 is 2.33 bits per heavy atom. The maximum absolute atomic E-state index is 13.2. The van der Waals surface area contributed by atoms with Crippen molar-refractivity contribution >= 4 is 16.0 Å². The smallest absolute Gasteiger partial charge is 0.266 e. The molecule has 0 unspecified atom stereocenters. The van der Waals surface area contributed by atoms with E-state index in [-0.39, 0.29) is 0 Å². The zero-order chi connectivity index (χ0) is 19.4. The van der Waals surface area contributed by atoms with Crippen LogP contribution in [0.1, 0.15) is 25.3 Å². The fraction of sp³-hybridized carbons (Fsp3) is 0.632. The Kier molecular flexibility index (Phi) is 6.39. The van der Waals surface area contributed by atoms with Gasteiger partial charge in [-0.25, -0.2) is 12.7 Å². The molecule has 0 spiro atoms. The lowest BCUT2D eigenvalue weighted by Crippen LogP contribution is -2.53. The van der Waals surface area contributed by atoms with Crippen LogP contribution in [0.3, 0.4) is 0 Å². The first-order valence-electron chi connectivity index (χ1n) is 9.57. The van der Waals surface area contributed by atoms with Crippen LogP contribution < -0.4 is 0 Å². The van der Waals surface area contributed by atoms with Crippen LogP contribution >= 0.6 is 0 Å². The molecule has 3 rings (SSSR count). The number of rotatable bonds is 6. The van der Waals surface area contributed by atoms with E-state index in [0.29, 0.717) is 36.5 Å². The minimum atomic E-state index is -3.58. The number of hydrogen-bond donors (Lipinski definition) is 0. The summed E-state index contributed by atoms with van der Waals surface area (Å²) in [7, 11) is -1.87. The van der Waals surface area contributed by atoms with Gasteiger partial charge in [0.05, 0.1) is 24.6 Å². The monoisotopic (exact) mass is 394 g/mol. The highest BCUT2D eigenvalue weighted by Crippen LogP contribution is 2.23. The maximum Gasteiger partial charge on any atom is 0.266 e. The first-order chi connectivity index (χ1) is 12.9. The number of nitrogens with zero attached hydrogens (tertiary/aromatic N) is 4. The summed E-state index contributed by atoms with van der Waals surface area (Å²) in [6.45, 7) is 10.1. The van der Waals surface area contributed by atoms with Gasteiger partial charge in [-0.15, -0.1) is 0 Å². The molecule has 0 aliphatic carbocycles. The molecule has 27 heavy (non-hydrogen) atoms. The van der Waals surface area contributed by atoms with Crippen LogP contribution in [0.15, 0.2) is 34.2 Å². The average molecular weight is 395 g/mol. The van der Waals surface area contributed by atoms with Gasteiger partial charge in [0.2, 0.25) is 5.96 Å². The van der Waals surface area contributed by atoms with Crippen LogP contribution in [0, 0.1) is 0 Å². The minimum absolute atomic E-state index is 0.334. The third kappa shape index (κ3) is 4.44. The summed E-state index contributed by atoms with van der Waals surface area (Å²) in [5.41, 5.74) is 1.14. The number of methoxy groups -OCH3 is 1. The minimum Gasteiger partial charge on any atom is -0.383 e. The van der Waals surface area contributed by atoms with Crippen molar-refractivity contribution < 1.29 is 13.2 Å². The molecule has 1 aromatic rings. The maximum atomic E-state index is 13.2. The Morgan fingerprint density at radius 2 is 1.74 bits per heavy atom. The summed E-state index contributed by atoms with van der Waals surface area (Å²) < 4.78 is 32.9. The normalized spacial score (nSPS) is 19.0. The predicted molar refractivity (Wildman–Crippen MR) is 107 cm³/mol. The van der Waals surface area contributed by atoms with E-state index in [0.717, 1.165) is 38.3 Å². The lowest BCUT2D eigenvalue weighted by molar-refractivity contribution is 0.118. The highest BCUT2D eigenvalue weighted by molar-refractivity contribution is 7.89. The van der Waals surface area contributed by atoms with E-state index < -0.39 is 10.0 Å². The van der Waals surface area contributed by atoms with Crippen LogP contribution in [-0.4, -0.2) is 88.0 Å². The second kappa shape index (κ2) is 8.58. The molecule has 1 fully saturated rings. The van der Waals surface area contributed by atoms with Crippen molar-refractivity contribution in [3.63, 3.8) is 0 Å². The standard InChI is InChI=1S/C19H30N4O3S/c1-16(2)17-4-6-18(7-5-17)27(24,25)23-9-8-20-19(23)22-12-10-21(11-13-22)14-15-26-3/h4-7,16H,8-15H2,1-3H3. The Bertz CT molecular complexity index is 754. The molecule has 150 valence electrons. The molecule has 0 aromatic heterocycles. The third-order valence-electron chi connectivity index (χ3n) is 5.18. The van der Waals surface area contributed by atoms with Gasteiger partial charge in [0, 0.05) is 39.8 Å². The van der Waals surface area contributed by atoms with E-state index in [1.165, 1.54) is 4.31 Å². The fourth-order valence-electron chi connectivity index (χ4n) is 3.45. The van der Waals surface area contributed by atoms with Crippen molar-refractivity contribution in [1.29, 1.82) is 0 Å². The van der Waals surface area contributed by atoms with Crippen LogP contribution in [0.5, 0.6) is 0 Å². The summed E-state index contributed by atoms with van der Waals surface area (Å²) >= 11 is 0. The van der Waals surface area contributed by atoms with E-state index in [1.54, 1.807) is 19.2 Å². The van der Waals surface area contributed by atoms with Gasteiger partial charge in [0.15, 0.2) is 0 Å². The molecule has 0 saturated carbocycles. The molecule has 7 nitrogen and oxygen atoms in total. The lowest BCUT2D eigenvalue weighted by atomic mass is 10.0. The lowest BCUT2D eigenvalue weighted by Gasteiger charge is -2.37. The highest BCUT2D eigenvalue weighted by Gasteiger charge is 2.34. The van der Waals surface area contributed by atoms with Gasteiger partial charge in [0.1, 0.15) is 0 Å². The van der Waals surface area contributed by atoms with E-state index in [4.69, 9.17) is 4.74 Å². The van der Waals surface area contributed by atoms with E-state index >= 15 is 0 Å². The Labute approximate surface area is 162 Å². The van der Waals surface area contributed by atoms with Gasteiger partial charge in [0.25, 0.3) is 10.0 Å². The molecule has 0 N–H and O–H groups in total. The van der Waals surface area contributed by atoms with Crippen molar-refractivity contribution in [3.05, 3.63) is 29.8 Å². The van der Waals surface area contributed by atoms with E-state index in [1.807, 2.05) is 12.1 Å². The van der Waals surface area contributed by atoms with Gasteiger partial charge in [-0.2, -0.15) is 0 Å². The van der Waals surface area contributed by atoms with Gasteiger partial charge < -0.3 is 9.64 Å². The van der Waals surface area contributed by atoms with Gasteiger partial charge in [-0.05, 0) is 23.6 Å². The van der Waals surface area contributed by atoms with Gasteiger partial charge >= 0.3 is 0 Å². The van der Waals surface area contributed by atoms with Crippen LogP contribution in [-0.2, 0) is 14.8 Å². The topological polar surface area (TPSA) is 65.5 Å². The van der Waals surface area contributed by atoms with Crippen molar-refractivity contribution in [1.82, 2.24) is 14.1 Å². The second-order valence-corrected chi connectivity index (χ2v) is 9.17. The molecule has 0 atom stereocenters. The molecule has 1 aromatic carbocycles. The largest absolute Gasteiger partial charge is 0.383 e. The number of benzene rings is 1. The SMILES string of the molecule is COCCN1CCN(C2=NCCN2S(=O)(=O)c2ccc(C(C)C)cc2)CC1. The number of aliphatic imine (C=N–C) groups is 1. The summed E-state index contributed by atoms with van der Waals surface area (Å²) in [4.78, 5) is 9.27. The predicted octanol–water partition coefficient (Wildman–Crippen LogP) is 1.43. The first-order valence-corrected chi connectivity index (χ1v) is 11.0. The van der Waals surface area contributed by atoms with Crippen LogP contribution in [0.4, 0.5) is 0 Å². The highest BCUT2D eigenvalue weighted by atomic mass is 32.2. The molecule has 0 bridgehead atoms. The summed E-state index contributed by atoms with van der Waals surface area (Å²) in [5, 5.41) is 0. The molecule has 0 radical (unpaired) electrons. The Morgan fingerprint density at radius 1 is 1.07 bits per heavy atom. The number of sulfonamides is 1.